The normalized spacial score (nSPS) is 11.2. The minimum atomic E-state index is -0.462. The zero-order valence-electron chi connectivity index (χ0n) is 15.3. The van der Waals surface area contributed by atoms with Gasteiger partial charge in [0.1, 0.15) is 11.5 Å². The molecular weight excluding hydrogens is 424 g/mol. The molecule has 4 aromatic rings. The zero-order valence-corrected chi connectivity index (χ0v) is 17.0. The first-order valence-electron chi connectivity index (χ1n) is 8.73. The number of nitrogens with one attached hydrogen (secondary N) is 1. The van der Waals surface area contributed by atoms with Crippen LogP contribution in [0.2, 0.25) is 0 Å². The van der Waals surface area contributed by atoms with Gasteiger partial charge in [-0.25, -0.2) is 10.4 Å². The maximum atomic E-state index is 12.0. The van der Waals surface area contributed by atoms with Crippen LogP contribution in [-0.4, -0.2) is 27.8 Å². The number of nitro groups is 1. The number of carbonyl (C=O) groups excluding carboxylic acids is 1. The fraction of sp³-hybridized carbons (Fsp3) is 0.0500. The van der Waals surface area contributed by atoms with Gasteiger partial charge in [-0.3, -0.25) is 14.9 Å². The predicted molar refractivity (Wildman–Crippen MR) is 117 cm³/mol. The number of nitro benzene ring substituents is 1. The molecule has 0 aliphatic rings. The minimum absolute atomic E-state index is 0.0167. The number of amides is 1. The maximum Gasteiger partial charge on any atom is 0.270 e. The molecule has 2 aromatic carbocycles. The number of aromatic nitrogens is 1. The van der Waals surface area contributed by atoms with Gasteiger partial charge in [0.15, 0.2) is 4.34 Å². The summed E-state index contributed by atoms with van der Waals surface area (Å²) in [4.78, 5) is 26.9. The Morgan fingerprint density at radius 3 is 2.93 bits per heavy atom. The second-order valence-electron chi connectivity index (χ2n) is 6.04. The van der Waals surface area contributed by atoms with Crippen LogP contribution in [0.15, 0.2) is 74.5 Å². The SMILES string of the molecule is O=C(CSc1nc2ccccc2s1)N/N=C\c1ccc(-c2cccc([N+](=O)[O-])c2)o1. The highest BCUT2D eigenvalue weighted by Gasteiger charge is 2.10. The van der Waals surface area contributed by atoms with Crippen molar-refractivity contribution in [3.8, 4) is 11.3 Å². The third-order valence-electron chi connectivity index (χ3n) is 3.95. The smallest absolute Gasteiger partial charge is 0.270 e. The van der Waals surface area contributed by atoms with Crippen molar-refractivity contribution in [2.75, 3.05) is 5.75 Å². The Bertz CT molecular complexity index is 1220. The Morgan fingerprint density at radius 1 is 1.23 bits per heavy atom. The lowest BCUT2D eigenvalue weighted by Gasteiger charge is -1.97. The number of para-hydroxylation sites is 1. The topological polar surface area (TPSA) is 111 Å². The molecule has 0 saturated heterocycles. The highest BCUT2D eigenvalue weighted by atomic mass is 32.2. The Hall–Kier alpha value is -3.50. The monoisotopic (exact) mass is 438 g/mol. The quantitative estimate of drug-likeness (QED) is 0.194. The molecule has 0 aliphatic carbocycles. The lowest BCUT2D eigenvalue weighted by molar-refractivity contribution is -0.384. The number of carbonyl (C=O) groups is 1. The van der Waals surface area contributed by atoms with E-state index in [9.17, 15) is 14.9 Å². The van der Waals surface area contributed by atoms with Crippen molar-refractivity contribution in [2.24, 2.45) is 5.10 Å². The van der Waals surface area contributed by atoms with E-state index < -0.39 is 4.92 Å². The Balaban J connectivity index is 1.31. The Kier molecular flexibility index (Phi) is 5.87. The number of furan rings is 1. The van der Waals surface area contributed by atoms with Crippen LogP contribution in [0.5, 0.6) is 0 Å². The first kappa shape index (κ1) is 19.8. The maximum absolute atomic E-state index is 12.0. The van der Waals surface area contributed by atoms with E-state index in [1.165, 1.54) is 41.4 Å². The average Bonchev–Trinajstić information content (AvgIpc) is 3.39. The Morgan fingerprint density at radius 2 is 2.10 bits per heavy atom. The highest BCUT2D eigenvalue weighted by Crippen LogP contribution is 2.29. The molecule has 0 saturated carbocycles. The van der Waals surface area contributed by atoms with Crippen molar-refractivity contribution in [1.82, 2.24) is 10.4 Å². The summed E-state index contributed by atoms with van der Waals surface area (Å²) in [5.41, 5.74) is 3.93. The number of benzene rings is 2. The molecular formula is C20H14N4O4S2. The van der Waals surface area contributed by atoms with E-state index in [2.05, 4.69) is 15.5 Å². The molecule has 30 heavy (non-hydrogen) atoms. The largest absolute Gasteiger partial charge is 0.455 e. The van der Waals surface area contributed by atoms with Crippen molar-refractivity contribution in [1.29, 1.82) is 0 Å². The second-order valence-corrected chi connectivity index (χ2v) is 8.29. The van der Waals surface area contributed by atoms with E-state index in [0.717, 1.165) is 14.6 Å². The number of fused-ring (bicyclic) bond motifs is 1. The molecule has 1 N–H and O–H groups in total. The van der Waals surface area contributed by atoms with Gasteiger partial charge >= 0.3 is 0 Å². The van der Waals surface area contributed by atoms with Crippen LogP contribution in [0.1, 0.15) is 5.76 Å². The summed E-state index contributed by atoms with van der Waals surface area (Å²) in [6.07, 6.45) is 1.38. The summed E-state index contributed by atoms with van der Waals surface area (Å²) < 4.78 is 7.51. The molecule has 0 spiro atoms. The van der Waals surface area contributed by atoms with Crippen LogP contribution in [0.4, 0.5) is 5.69 Å². The number of thiazole rings is 1. The van der Waals surface area contributed by atoms with Crippen LogP contribution >= 0.6 is 23.1 Å². The van der Waals surface area contributed by atoms with Gasteiger partial charge in [0.05, 0.1) is 27.1 Å². The number of hydrazone groups is 1. The molecule has 10 heteroatoms. The van der Waals surface area contributed by atoms with Gasteiger partial charge < -0.3 is 4.42 Å². The van der Waals surface area contributed by atoms with Crippen molar-refractivity contribution in [2.45, 2.75) is 4.34 Å². The van der Waals surface area contributed by atoms with Gasteiger partial charge in [-0.05, 0) is 24.3 Å². The number of thioether (sulfide) groups is 1. The summed E-state index contributed by atoms with van der Waals surface area (Å²) in [5.74, 6) is 0.809. The molecule has 4 rings (SSSR count). The fourth-order valence-electron chi connectivity index (χ4n) is 2.59. The van der Waals surface area contributed by atoms with Crippen molar-refractivity contribution < 1.29 is 14.1 Å². The van der Waals surface area contributed by atoms with Crippen LogP contribution in [0.25, 0.3) is 21.5 Å². The van der Waals surface area contributed by atoms with Gasteiger partial charge in [-0.1, -0.05) is 36.0 Å². The molecule has 0 bridgehead atoms. The summed E-state index contributed by atoms with van der Waals surface area (Å²) in [7, 11) is 0. The first-order chi connectivity index (χ1) is 14.6. The predicted octanol–water partition coefficient (Wildman–Crippen LogP) is 4.71. The van der Waals surface area contributed by atoms with E-state index in [4.69, 9.17) is 4.42 Å². The molecule has 2 aromatic heterocycles. The number of nitrogens with zero attached hydrogens (tertiary/aromatic N) is 3. The zero-order chi connectivity index (χ0) is 20.9. The molecule has 8 nitrogen and oxygen atoms in total. The van der Waals surface area contributed by atoms with Crippen molar-refractivity contribution >= 4 is 51.1 Å². The van der Waals surface area contributed by atoms with Gasteiger partial charge in [0.2, 0.25) is 0 Å². The molecule has 1 amide bonds. The third-order valence-corrected chi connectivity index (χ3v) is 6.13. The molecule has 0 unspecified atom stereocenters. The second kappa shape index (κ2) is 8.89. The summed E-state index contributed by atoms with van der Waals surface area (Å²) in [5, 5.41) is 14.8. The summed E-state index contributed by atoms with van der Waals surface area (Å²) >= 11 is 2.89. The van der Waals surface area contributed by atoms with Crippen LogP contribution in [0, 0.1) is 10.1 Å². The van der Waals surface area contributed by atoms with E-state index in [-0.39, 0.29) is 17.3 Å². The minimum Gasteiger partial charge on any atom is -0.455 e. The summed E-state index contributed by atoms with van der Waals surface area (Å²) in [6.45, 7) is 0. The average molecular weight is 438 g/mol. The first-order valence-corrected chi connectivity index (χ1v) is 10.5. The van der Waals surface area contributed by atoms with Gasteiger partial charge in [-0.2, -0.15) is 5.10 Å². The van der Waals surface area contributed by atoms with E-state index in [1.807, 2.05) is 24.3 Å². The number of hydrogen-bond donors (Lipinski definition) is 1. The summed E-state index contributed by atoms with van der Waals surface area (Å²) in [6, 6.07) is 17.3. The number of non-ortho nitro benzene ring substituents is 1. The molecule has 150 valence electrons. The fourth-order valence-corrected chi connectivity index (χ4v) is 4.45. The van der Waals surface area contributed by atoms with Gasteiger partial charge in [-0.15, -0.1) is 11.3 Å². The molecule has 0 aliphatic heterocycles. The standard InChI is InChI=1S/C20H14N4O4S2/c25-19(12-29-20-22-16-6-1-2-7-18(16)30-20)23-21-11-15-8-9-17(28-15)13-4-3-5-14(10-13)24(26)27/h1-11H,12H2,(H,23,25)/b21-11-. The van der Waals surface area contributed by atoms with Gasteiger partial charge in [0.25, 0.3) is 11.6 Å². The van der Waals surface area contributed by atoms with Gasteiger partial charge in [0, 0.05) is 17.7 Å². The molecule has 0 radical (unpaired) electrons. The van der Waals surface area contributed by atoms with Crippen molar-refractivity contribution in [3.05, 3.63) is 76.5 Å². The Labute approximate surface area is 178 Å². The van der Waals surface area contributed by atoms with Crippen LogP contribution in [0.3, 0.4) is 0 Å². The molecule has 0 fully saturated rings. The lowest BCUT2D eigenvalue weighted by Crippen LogP contribution is -2.19. The third kappa shape index (κ3) is 4.73. The highest BCUT2D eigenvalue weighted by molar-refractivity contribution is 8.01. The van der Waals surface area contributed by atoms with Crippen molar-refractivity contribution in [3.63, 3.8) is 0 Å². The van der Waals surface area contributed by atoms with Crippen LogP contribution in [-0.2, 0) is 4.79 Å². The van der Waals surface area contributed by atoms with E-state index in [0.29, 0.717) is 17.1 Å². The van der Waals surface area contributed by atoms with Crippen LogP contribution < -0.4 is 5.43 Å². The van der Waals surface area contributed by atoms with E-state index >= 15 is 0 Å². The number of rotatable bonds is 7. The number of hydrogen-bond acceptors (Lipinski definition) is 8. The molecule has 2 heterocycles. The lowest BCUT2D eigenvalue weighted by atomic mass is 10.1. The molecule has 0 atom stereocenters. The van der Waals surface area contributed by atoms with E-state index in [1.54, 1.807) is 24.3 Å².